The zero-order chi connectivity index (χ0) is 28.9. The summed E-state index contributed by atoms with van der Waals surface area (Å²) in [7, 11) is 0. The second kappa shape index (κ2) is 10.9. The molecular weight excluding hydrogens is 538 g/mol. The first kappa shape index (κ1) is 28.0. The molecule has 2 saturated heterocycles. The van der Waals surface area contributed by atoms with Gasteiger partial charge in [-0.1, -0.05) is 87.7 Å². The van der Waals surface area contributed by atoms with Crippen molar-refractivity contribution in [1.82, 2.24) is 10.2 Å². The van der Waals surface area contributed by atoms with Crippen molar-refractivity contribution in [3.63, 3.8) is 0 Å². The van der Waals surface area contributed by atoms with E-state index in [0.717, 1.165) is 31.2 Å². The number of fused-ring (bicyclic) bond motifs is 1. The molecule has 2 N–H and O–H groups in total. The maximum absolute atomic E-state index is 14.3. The van der Waals surface area contributed by atoms with E-state index in [1.807, 2.05) is 54.6 Å². The molecular formula is C33H38ClN3O4. The summed E-state index contributed by atoms with van der Waals surface area (Å²) < 4.78 is 6.50. The van der Waals surface area contributed by atoms with Crippen molar-refractivity contribution < 1.29 is 19.1 Å². The standard InChI is InChI=1S/C33H38ClN3O4/c1-19(2)21-12-14-23(15-13-21)35-30(38)27-26-16-17-33(41-26)28(27)32(40)37(18-22-9-5-6-10-24(22)34)29(33)31(39)36-25-11-7-4-8-20(25)3/h5-6,9-10,12-17,19-20,25-29H,4,7-8,11,18H2,1-3H3,(H,35,38)(H,36,39)/t20-,25+,26-,27+,28-,29-,33-/m0/s1. The second-order valence-corrected chi connectivity index (χ2v) is 12.8. The largest absolute Gasteiger partial charge is 0.359 e. The van der Waals surface area contributed by atoms with Crippen LogP contribution in [0.2, 0.25) is 5.02 Å². The normalized spacial score (nSPS) is 31.9. The Balaban J connectivity index is 1.31. The number of hydrogen-bond donors (Lipinski definition) is 2. The van der Waals surface area contributed by atoms with E-state index >= 15 is 0 Å². The van der Waals surface area contributed by atoms with E-state index in [9.17, 15) is 14.4 Å². The summed E-state index contributed by atoms with van der Waals surface area (Å²) in [4.78, 5) is 43.7. The molecule has 1 aliphatic carbocycles. The molecule has 6 rings (SSSR count). The van der Waals surface area contributed by atoms with Crippen LogP contribution in [0.15, 0.2) is 60.7 Å². The number of nitrogens with one attached hydrogen (secondary N) is 2. The lowest BCUT2D eigenvalue weighted by atomic mass is 9.74. The molecule has 41 heavy (non-hydrogen) atoms. The topological polar surface area (TPSA) is 87.7 Å². The SMILES string of the molecule is CC(C)c1ccc(NC(=O)[C@@H]2[C@@H]3C=C[C@]4(O3)[C@@H]2C(=O)N(Cc2ccccc2Cl)[C@H]4C(=O)N[C@@H]2CCCC[C@@H]2C)cc1. The lowest BCUT2D eigenvalue weighted by molar-refractivity contribution is -0.142. The van der Waals surface area contributed by atoms with Crippen molar-refractivity contribution in [1.29, 1.82) is 0 Å². The summed E-state index contributed by atoms with van der Waals surface area (Å²) in [5.74, 6) is -1.61. The molecule has 2 bridgehead atoms. The molecule has 7 atom stereocenters. The van der Waals surface area contributed by atoms with Crippen molar-refractivity contribution in [2.75, 3.05) is 5.32 Å². The van der Waals surface area contributed by atoms with Crippen LogP contribution in [-0.2, 0) is 25.7 Å². The zero-order valence-corrected chi connectivity index (χ0v) is 24.6. The predicted octanol–water partition coefficient (Wildman–Crippen LogP) is 5.45. The number of carbonyl (C=O) groups excluding carboxylic acids is 3. The highest BCUT2D eigenvalue weighted by molar-refractivity contribution is 6.31. The fourth-order valence-electron chi connectivity index (χ4n) is 7.22. The molecule has 0 aromatic heterocycles. The Labute approximate surface area is 246 Å². The third kappa shape index (κ3) is 4.87. The highest BCUT2D eigenvalue weighted by atomic mass is 35.5. The van der Waals surface area contributed by atoms with Crippen LogP contribution >= 0.6 is 11.6 Å². The number of hydrogen-bond acceptors (Lipinski definition) is 4. The fourth-order valence-corrected chi connectivity index (χ4v) is 7.41. The first-order valence-electron chi connectivity index (χ1n) is 14.8. The highest BCUT2D eigenvalue weighted by Gasteiger charge is 2.72. The summed E-state index contributed by atoms with van der Waals surface area (Å²) in [5, 5.41) is 6.80. The smallest absolute Gasteiger partial charge is 0.246 e. The maximum Gasteiger partial charge on any atom is 0.246 e. The molecule has 1 saturated carbocycles. The molecule has 2 aromatic carbocycles. The molecule has 0 radical (unpaired) electrons. The lowest BCUT2D eigenvalue weighted by Crippen LogP contribution is -2.57. The molecule has 2 aromatic rings. The average Bonchev–Trinajstić information content (AvgIpc) is 3.59. The number of rotatable bonds is 7. The van der Waals surface area contributed by atoms with E-state index in [1.54, 1.807) is 11.0 Å². The minimum atomic E-state index is -1.21. The van der Waals surface area contributed by atoms with Gasteiger partial charge in [-0.2, -0.15) is 0 Å². The van der Waals surface area contributed by atoms with Crippen LogP contribution in [0.3, 0.4) is 0 Å². The third-order valence-electron chi connectivity index (χ3n) is 9.51. The van der Waals surface area contributed by atoms with Crippen molar-refractivity contribution in [2.45, 2.75) is 82.7 Å². The van der Waals surface area contributed by atoms with E-state index in [2.05, 4.69) is 31.4 Å². The molecule has 216 valence electrons. The van der Waals surface area contributed by atoms with Gasteiger partial charge in [0.1, 0.15) is 11.6 Å². The summed E-state index contributed by atoms with van der Waals surface area (Å²) >= 11 is 6.50. The van der Waals surface area contributed by atoms with E-state index in [1.165, 1.54) is 5.56 Å². The fraction of sp³-hybridized carbons (Fsp3) is 0.485. The van der Waals surface area contributed by atoms with Crippen LogP contribution in [0, 0.1) is 17.8 Å². The van der Waals surface area contributed by atoms with E-state index < -0.39 is 29.6 Å². The van der Waals surface area contributed by atoms with E-state index in [-0.39, 0.29) is 30.3 Å². The Kier molecular flexibility index (Phi) is 7.45. The van der Waals surface area contributed by atoms with Crippen LogP contribution in [0.25, 0.3) is 0 Å². The molecule has 3 aliphatic heterocycles. The molecule has 0 unspecified atom stereocenters. The van der Waals surface area contributed by atoms with Crippen LogP contribution in [0.5, 0.6) is 0 Å². The number of benzene rings is 2. The minimum Gasteiger partial charge on any atom is -0.359 e. The van der Waals surface area contributed by atoms with Gasteiger partial charge in [0.25, 0.3) is 0 Å². The van der Waals surface area contributed by atoms with Gasteiger partial charge in [0, 0.05) is 23.3 Å². The lowest BCUT2D eigenvalue weighted by Gasteiger charge is -2.36. The van der Waals surface area contributed by atoms with E-state index in [0.29, 0.717) is 22.5 Å². The van der Waals surface area contributed by atoms with Gasteiger partial charge in [-0.05, 0) is 54.0 Å². The van der Waals surface area contributed by atoms with Crippen molar-refractivity contribution in [3.05, 3.63) is 76.8 Å². The number of carbonyl (C=O) groups is 3. The molecule has 3 fully saturated rings. The van der Waals surface area contributed by atoms with Crippen molar-refractivity contribution >= 4 is 35.0 Å². The van der Waals surface area contributed by atoms with Gasteiger partial charge >= 0.3 is 0 Å². The predicted molar refractivity (Wildman–Crippen MR) is 158 cm³/mol. The van der Waals surface area contributed by atoms with Gasteiger partial charge in [0.2, 0.25) is 17.7 Å². The molecule has 3 amide bonds. The van der Waals surface area contributed by atoms with Crippen LogP contribution in [-0.4, -0.2) is 46.4 Å². The number of nitrogens with zero attached hydrogens (tertiary/aromatic N) is 1. The van der Waals surface area contributed by atoms with Crippen LogP contribution in [0.1, 0.15) is 63.5 Å². The zero-order valence-electron chi connectivity index (χ0n) is 23.8. The number of amides is 3. The first-order valence-corrected chi connectivity index (χ1v) is 15.2. The number of ether oxygens (including phenoxy) is 1. The van der Waals surface area contributed by atoms with Crippen molar-refractivity contribution in [2.24, 2.45) is 17.8 Å². The third-order valence-corrected chi connectivity index (χ3v) is 9.88. The Bertz CT molecular complexity index is 1370. The summed E-state index contributed by atoms with van der Waals surface area (Å²) in [6.45, 7) is 6.56. The molecule has 1 spiro atoms. The highest BCUT2D eigenvalue weighted by Crippen LogP contribution is 2.55. The van der Waals surface area contributed by atoms with Gasteiger partial charge in [0.05, 0.1) is 17.9 Å². The number of likely N-dealkylation sites (tertiary alicyclic amines) is 1. The van der Waals surface area contributed by atoms with Crippen LogP contribution in [0.4, 0.5) is 5.69 Å². The molecule has 4 aliphatic rings. The average molecular weight is 576 g/mol. The Morgan fingerprint density at radius 3 is 2.51 bits per heavy atom. The van der Waals surface area contributed by atoms with Gasteiger partial charge in [-0.15, -0.1) is 0 Å². The summed E-state index contributed by atoms with van der Waals surface area (Å²) in [6, 6.07) is 14.2. The van der Waals surface area contributed by atoms with Crippen LogP contribution < -0.4 is 10.6 Å². The number of anilines is 1. The van der Waals surface area contributed by atoms with Gasteiger partial charge < -0.3 is 20.3 Å². The first-order chi connectivity index (χ1) is 19.7. The quantitative estimate of drug-likeness (QED) is 0.430. The van der Waals surface area contributed by atoms with E-state index in [4.69, 9.17) is 16.3 Å². The Morgan fingerprint density at radius 2 is 1.80 bits per heavy atom. The van der Waals surface area contributed by atoms with Gasteiger partial charge in [-0.25, -0.2) is 0 Å². The Hall–Kier alpha value is -3.16. The number of halogens is 1. The van der Waals surface area contributed by atoms with Gasteiger partial charge in [-0.3, -0.25) is 14.4 Å². The maximum atomic E-state index is 14.3. The molecule has 8 heteroatoms. The summed E-state index contributed by atoms with van der Waals surface area (Å²) in [6.07, 6.45) is 7.31. The van der Waals surface area contributed by atoms with Gasteiger partial charge in [0.15, 0.2) is 0 Å². The molecule has 3 heterocycles. The Morgan fingerprint density at radius 1 is 1.07 bits per heavy atom. The second-order valence-electron chi connectivity index (χ2n) is 12.4. The summed E-state index contributed by atoms with van der Waals surface area (Å²) in [5.41, 5.74) is 1.37. The monoisotopic (exact) mass is 575 g/mol. The minimum absolute atomic E-state index is 0.0412. The van der Waals surface area contributed by atoms with Crippen molar-refractivity contribution in [3.8, 4) is 0 Å². The molecule has 7 nitrogen and oxygen atoms in total.